The summed E-state index contributed by atoms with van der Waals surface area (Å²) < 4.78 is 31.0. The summed E-state index contributed by atoms with van der Waals surface area (Å²) in [5.41, 5.74) is 0.393. The first-order valence-electron chi connectivity index (χ1n) is 6.75. The third-order valence-corrected chi connectivity index (χ3v) is 5.12. The molecule has 1 aromatic rings. The first kappa shape index (κ1) is 15.4. The van der Waals surface area contributed by atoms with E-state index in [0.717, 1.165) is 19.4 Å². The van der Waals surface area contributed by atoms with Gasteiger partial charge in [-0.3, -0.25) is 0 Å². The molecule has 7 nitrogen and oxygen atoms in total. The van der Waals surface area contributed by atoms with Gasteiger partial charge < -0.3 is 14.9 Å². The van der Waals surface area contributed by atoms with Gasteiger partial charge in [0.05, 0.1) is 6.61 Å². The van der Waals surface area contributed by atoms with Crippen LogP contribution in [0, 0.1) is 6.92 Å². The monoisotopic (exact) mass is 303 g/mol. The van der Waals surface area contributed by atoms with E-state index in [2.05, 4.69) is 10.5 Å². The zero-order chi connectivity index (χ0) is 14.6. The van der Waals surface area contributed by atoms with Gasteiger partial charge in [0.2, 0.25) is 10.0 Å². The summed E-state index contributed by atoms with van der Waals surface area (Å²) in [5, 5.41) is 16.1. The molecule has 0 aliphatic carbocycles. The van der Waals surface area contributed by atoms with E-state index in [0.29, 0.717) is 18.0 Å². The summed E-state index contributed by atoms with van der Waals surface area (Å²) in [7, 11) is -3.50. The SMILES string of the molecule is Cc1cc(CS(=O)(=O)N(CCO)CC2CCCN2)no1. The third kappa shape index (κ3) is 4.02. The normalized spacial score (nSPS) is 19.9. The molecule has 1 unspecified atom stereocenters. The molecule has 0 bridgehead atoms. The predicted octanol–water partition coefficient (Wildman–Crippen LogP) is -0.141. The van der Waals surface area contributed by atoms with Crippen LogP contribution in [0.4, 0.5) is 0 Å². The van der Waals surface area contributed by atoms with Gasteiger partial charge in [-0.05, 0) is 26.3 Å². The molecule has 2 N–H and O–H groups in total. The van der Waals surface area contributed by atoms with Crippen LogP contribution in [0.25, 0.3) is 0 Å². The summed E-state index contributed by atoms with van der Waals surface area (Å²) in [6.07, 6.45) is 2.01. The molecule has 1 aliphatic heterocycles. The van der Waals surface area contributed by atoms with Crippen LogP contribution in [0.5, 0.6) is 0 Å². The van der Waals surface area contributed by atoms with Gasteiger partial charge in [-0.25, -0.2) is 8.42 Å². The first-order valence-corrected chi connectivity index (χ1v) is 8.36. The van der Waals surface area contributed by atoms with Gasteiger partial charge in [0, 0.05) is 25.2 Å². The van der Waals surface area contributed by atoms with E-state index in [1.165, 1.54) is 4.31 Å². The molecule has 0 radical (unpaired) electrons. The Morgan fingerprint density at radius 3 is 2.95 bits per heavy atom. The smallest absolute Gasteiger partial charge is 0.220 e. The van der Waals surface area contributed by atoms with Crippen molar-refractivity contribution in [3.63, 3.8) is 0 Å². The number of rotatable bonds is 7. The summed E-state index contributed by atoms with van der Waals surface area (Å²) in [6.45, 7) is 2.94. The van der Waals surface area contributed by atoms with Crippen molar-refractivity contribution >= 4 is 10.0 Å². The number of nitrogens with one attached hydrogen (secondary N) is 1. The van der Waals surface area contributed by atoms with Crippen LogP contribution in [0.1, 0.15) is 24.3 Å². The average molecular weight is 303 g/mol. The van der Waals surface area contributed by atoms with Crippen LogP contribution >= 0.6 is 0 Å². The van der Waals surface area contributed by atoms with E-state index >= 15 is 0 Å². The highest BCUT2D eigenvalue weighted by Gasteiger charge is 2.27. The number of aryl methyl sites for hydroxylation is 1. The number of nitrogens with zero attached hydrogens (tertiary/aromatic N) is 2. The van der Waals surface area contributed by atoms with Crippen LogP contribution < -0.4 is 5.32 Å². The fourth-order valence-corrected chi connectivity index (χ4v) is 3.84. The Morgan fingerprint density at radius 2 is 2.40 bits per heavy atom. The maximum absolute atomic E-state index is 12.4. The van der Waals surface area contributed by atoms with Gasteiger partial charge in [-0.15, -0.1) is 0 Å². The second kappa shape index (κ2) is 6.66. The largest absolute Gasteiger partial charge is 0.395 e. The fraction of sp³-hybridized carbons (Fsp3) is 0.750. The molecule has 0 amide bonds. The molecule has 0 spiro atoms. The second-order valence-corrected chi connectivity index (χ2v) is 7.03. The molecule has 1 fully saturated rings. The van der Waals surface area contributed by atoms with Crippen LogP contribution in [0.3, 0.4) is 0 Å². The van der Waals surface area contributed by atoms with Gasteiger partial charge in [0.15, 0.2) is 0 Å². The predicted molar refractivity (Wildman–Crippen MR) is 73.5 cm³/mol. The molecule has 20 heavy (non-hydrogen) atoms. The molecule has 1 aromatic heterocycles. The lowest BCUT2D eigenvalue weighted by Gasteiger charge is -2.24. The van der Waals surface area contributed by atoms with Crippen LogP contribution in [-0.2, 0) is 15.8 Å². The van der Waals surface area contributed by atoms with Crippen LogP contribution in [-0.4, -0.2) is 55.3 Å². The van der Waals surface area contributed by atoms with Crippen molar-refractivity contribution in [1.29, 1.82) is 0 Å². The number of hydrogen-bond acceptors (Lipinski definition) is 6. The molecule has 2 rings (SSSR count). The summed E-state index contributed by atoms with van der Waals surface area (Å²) in [6, 6.07) is 1.78. The van der Waals surface area contributed by atoms with Crippen molar-refractivity contribution in [2.75, 3.05) is 26.2 Å². The van der Waals surface area contributed by atoms with Crippen LogP contribution in [0.15, 0.2) is 10.6 Å². The standard InChI is InChI=1S/C12H21N3O4S/c1-10-7-12(14-19-10)9-20(17,18)15(5-6-16)8-11-3-2-4-13-11/h7,11,13,16H,2-6,8-9H2,1H3. The lowest BCUT2D eigenvalue weighted by Crippen LogP contribution is -2.42. The minimum atomic E-state index is -3.50. The van der Waals surface area contributed by atoms with E-state index in [4.69, 9.17) is 9.63 Å². The van der Waals surface area contributed by atoms with Crippen molar-refractivity contribution in [1.82, 2.24) is 14.8 Å². The Balaban J connectivity index is 2.05. The highest BCUT2D eigenvalue weighted by atomic mass is 32.2. The van der Waals surface area contributed by atoms with E-state index in [9.17, 15) is 8.42 Å². The maximum atomic E-state index is 12.4. The molecule has 1 atom stereocenters. The van der Waals surface area contributed by atoms with Crippen LogP contribution in [0.2, 0.25) is 0 Å². The van der Waals surface area contributed by atoms with Crippen molar-refractivity contribution in [2.45, 2.75) is 31.6 Å². The first-order chi connectivity index (χ1) is 9.51. The van der Waals surface area contributed by atoms with Crippen molar-refractivity contribution in [3.05, 3.63) is 17.5 Å². The lowest BCUT2D eigenvalue weighted by atomic mass is 10.2. The van der Waals surface area contributed by atoms with Gasteiger partial charge in [-0.1, -0.05) is 5.16 Å². The van der Waals surface area contributed by atoms with E-state index in [1.807, 2.05) is 0 Å². The second-order valence-electron chi connectivity index (χ2n) is 5.06. The van der Waals surface area contributed by atoms with Gasteiger partial charge >= 0.3 is 0 Å². The Hall–Kier alpha value is -0.960. The maximum Gasteiger partial charge on any atom is 0.220 e. The fourth-order valence-electron chi connectivity index (χ4n) is 2.38. The average Bonchev–Trinajstić information content (AvgIpc) is 3.00. The minimum Gasteiger partial charge on any atom is -0.395 e. The highest BCUT2D eigenvalue weighted by Crippen LogP contribution is 2.14. The number of hydrogen-bond donors (Lipinski definition) is 2. The lowest BCUT2D eigenvalue weighted by molar-refractivity contribution is 0.246. The molecule has 1 aliphatic rings. The molecule has 2 heterocycles. The Bertz CT molecular complexity index is 523. The Morgan fingerprint density at radius 1 is 1.60 bits per heavy atom. The molecule has 8 heteroatoms. The summed E-state index contributed by atoms with van der Waals surface area (Å²) >= 11 is 0. The molecule has 0 aromatic carbocycles. The molecule has 114 valence electrons. The molecule has 0 saturated carbocycles. The Kier molecular flexibility index (Phi) is 5.14. The number of aliphatic hydroxyl groups is 1. The van der Waals surface area contributed by atoms with Crippen molar-refractivity contribution < 1.29 is 18.0 Å². The number of aliphatic hydroxyl groups excluding tert-OH is 1. The molecular formula is C12H21N3O4S. The summed E-state index contributed by atoms with van der Waals surface area (Å²) in [4.78, 5) is 0. The number of sulfonamides is 1. The van der Waals surface area contributed by atoms with E-state index in [1.54, 1.807) is 13.0 Å². The van der Waals surface area contributed by atoms with Gasteiger partial charge in [0.1, 0.15) is 17.2 Å². The summed E-state index contributed by atoms with van der Waals surface area (Å²) in [5.74, 6) is 0.387. The van der Waals surface area contributed by atoms with Gasteiger partial charge in [0.25, 0.3) is 0 Å². The zero-order valence-electron chi connectivity index (χ0n) is 11.6. The minimum absolute atomic E-state index is 0.108. The Labute approximate surface area is 119 Å². The van der Waals surface area contributed by atoms with E-state index in [-0.39, 0.29) is 24.9 Å². The molecule has 1 saturated heterocycles. The van der Waals surface area contributed by atoms with E-state index < -0.39 is 10.0 Å². The van der Waals surface area contributed by atoms with Crippen molar-refractivity contribution in [3.8, 4) is 0 Å². The molecular weight excluding hydrogens is 282 g/mol. The third-order valence-electron chi connectivity index (χ3n) is 3.34. The zero-order valence-corrected chi connectivity index (χ0v) is 12.4. The van der Waals surface area contributed by atoms with Gasteiger partial charge in [-0.2, -0.15) is 4.31 Å². The van der Waals surface area contributed by atoms with Crippen molar-refractivity contribution in [2.24, 2.45) is 0 Å². The number of aromatic nitrogens is 1. The highest BCUT2D eigenvalue weighted by molar-refractivity contribution is 7.88. The quantitative estimate of drug-likeness (QED) is 0.728. The topological polar surface area (TPSA) is 95.7 Å².